The molecule has 0 aliphatic carbocycles. The van der Waals surface area contributed by atoms with E-state index >= 15 is 0 Å². The van der Waals surface area contributed by atoms with E-state index in [1.807, 2.05) is 0 Å². The molecular formula is C12H11FS. The van der Waals surface area contributed by atoms with Crippen LogP contribution in [-0.2, 0) is 0 Å². The molecule has 0 nitrogen and oxygen atoms in total. The zero-order valence-electron chi connectivity index (χ0n) is 7.70. The van der Waals surface area contributed by atoms with Gasteiger partial charge >= 0.3 is 0 Å². The summed E-state index contributed by atoms with van der Waals surface area (Å²) in [5, 5.41) is 0. The molecule has 0 N–H and O–H groups in total. The van der Waals surface area contributed by atoms with Gasteiger partial charge in [0.1, 0.15) is 5.82 Å². The minimum absolute atomic E-state index is 0.248. The van der Waals surface area contributed by atoms with Crippen molar-refractivity contribution in [2.45, 2.75) is 0 Å². The Morgan fingerprint density at radius 1 is 1.29 bits per heavy atom. The third-order valence-electron chi connectivity index (χ3n) is 1.72. The van der Waals surface area contributed by atoms with Crippen LogP contribution in [0.2, 0.25) is 0 Å². The van der Waals surface area contributed by atoms with Crippen molar-refractivity contribution >= 4 is 18.2 Å². The third-order valence-corrected chi connectivity index (χ3v) is 1.85. The van der Waals surface area contributed by atoms with Crippen molar-refractivity contribution in [3.63, 3.8) is 0 Å². The molecule has 14 heavy (non-hydrogen) atoms. The molecule has 72 valence electrons. The Bertz CT molecular complexity index is 374. The number of thiol groups is 1. The Kier molecular flexibility index (Phi) is 3.72. The Labute approximate surface area is 88.9 Å². The standard InChI is InChI=1S/C12H11FS/c1-3-10(8-9(2)14)11-4-6-12(13)7-5-11/h3-8,14H,1-2H2/b10-8+. The van der Waals surface area contributed by atoms with Crippen LogP contribution in [0.25, 0.3) is 5.57 Å². The van der Waals surface area contributed by atoms with Gasteiger partial charge in [-0.1, -0.05) is 31.4 Å². The monoisotopic (exact) mass is 206 g/mol. The third kappa shape index (κ3) is 2.89. The summed E-state index contributed by atoms with van der Waals surface area (Å²) in [5.41, 5.74) is 1.78. The summed E-state index contributed by atoms with van der Waals surface area (Å²) < 4.78 is 12.6. The van der Waals surface area contributed by atoms with E-state index in [1.54, 1.807) is 24.3 Å². The van der Waals surface area contributed by atoms with Crippen molar-refractivity contribution < 1.29 is 4.39 Å². The van der Waals surface area contributed by atoms with E-state index in [-0.39, 0.29) is 5.82 Å². The highest BCUT2D eigenvalue weighted by molar-refractivity contribution is 7.84. The first-order chi connectivity index (χ1) is 6.63. The van der Waals surface area contributed by atoms with E-state index in [2.05, 4.69) is 25.8 Å². The van der Waals surface area contributed by atoms with Gasteiger partial charge in [-0.3, -0.25) is 0 Å². The number of benzene rings is 1. The molecule has 0 fully saturated rings. The van der Waals surface area contributed by atoms with E-state index in [0.717, 1.165) is 11.1 Å². The summed E-state index contributed by atoms with van der Waals surface area (Å²) in [6, 6.07) is 6.21. The van der Waals surface area contributed by atoms with Crippen molar-refractivity contribution in [1.29, 1.82) is 0 Å². The molecule has 0 bridgehead atoms. The van der Waals surface area contributed by atoms with Crippen LogP contribution < -0.4 is 0 Å². The summed E-state index contributed by atoms with van der Waals surface area (Å²) in [4.78, 5) is 0.643. The molecule has 0 aliphatic heterocycles. The first-order valence-electron chi connectivity index (χ1n) is 4.11. The molecule has 0 heterocycles. The maximum absolute atomic E-state index is 12.6. The lowest BCUT2D eigenvalue weighted by Gasteiger charge is -2.01. The zero-order valence-corrected chi connectivity index (χ0v) is 8.60. The van der Waals surface area contributed by atoms with Crippen molar-refractivity contribution in [2.24, 2.45) is 0 Å². The molecule has 1 aromatic carbocycles. The molecule has 0 unspecified atom stereocenters. The molecular weight excluding hydrogens is 195 g/mol. The molecule has 0 spiro atoms. The fourth-order valence-corrected chi connectivity index (χ4v) is 1.22. The molecule has 1 aromatic rings. The number of hydrogen-bond acceptors (Lipinski definition) is 1. The van der Waals surface area contributed by atoms with Crippen molar-refractivity contribution in [3.05, 3.63) is 65.9 Å². The van der Waals surface area contributed by atoms with E-state index < -0.39 is 0 Å². The van der Waals surface area contributed by atoms with Gasteiger partial charge < -0.3 is 0 Å². The van der Waals surface area contributed by atoms with Crippen LogP contribution in [0.4, 0.5) is 4.39 Å². The summed E-state index contributed by atoms with van der Waals surface area (Å²) in [7, 11) is 0. The maximum atomic E-state index is 12.6. The molecule has 0 aliphatic rings. The first kappa shape index (κ1) is 10.8. The molecule has 0 atom stereocenters. The minimum Gasteiger partial charge on any atom is -0.207 e. The highest BCUT2D eigenvalue weighted by Gasteiger charge is 1.97. The van der Waals surface area contributed by atoms with Crippen LogP contribution in [0.3, 0.4) is 0 Å². The average Bonchev–Trinajstić information content (AvgIpc) is 2.15. The van der Waals surface area contributed by atoms with Gasteiger partial charge in [-0.25, -0.2) is 4.39 Å². The van der Waals surface area contributed by atoms with E-state index in [4.69, 9.17) is 0 Å². The second-order valence-electron chi connectivity index (χ2n) is 2.80. The smallest absolute Gasteiger partial charge is 0.123 e. The van der Waals surface area contributed by atoms with Crippen molar-refractivity contribution in [1.82, 2.24) is 0 Å². The molecule has 0 amide bonds. The molecule has 2 heteroatoms. The molecule has 0 saturated heterocycles. The van der Waals surface area contributed by atoms with E-state index in [0.29, 0.717) is 4.91 Å². The maximum Gasteiger partial charge on any atom is 0.123 e. The largest absolute Gasteiger partial charge is 0.207 e. The second kappa shape index (κ2) is 4.82. The fraction of sp³-hybridized carbons (Fsp3) is 0. The van der Waals surface area contributed by atoms with Gasteiger partial charge in [0.25, 0.3) is 0 Å². The summed E-state index contributed by atoms with van der Waals surface area (Å²) in [6.07, 6.45) is 3.47. The number of hydrogen-bond donors (Lipinski definition) is 1. The highest BCUT2D eigenvalue weighted by atomic mass is 32.1. The Morgan fingerprint density at radius 2 is 1.86 bits per heavy atom. The predicted molar refractivity (Wildman–Crippen MR) is 62.7 cm³/mol. The van der Waals surface area contributed by atoms with E-state index in [1.165, 1.54) is 12.1 Å². The Morgan fingerprint density at radius 3 is 2.29 bits per heavy atom. The van der Waals surface area contributed by atoms with Gasteiger partial charge in [0.15, 0.2) is 0 Å². The SMILES string of the molecule is C=C/C(=C\C(=C)S)c1ccc(F)cc1. The fourth-order valence-electron chi connectivity index (χ4n) is 1.08. The average molecular weight is 206 g/mol. The van der Waals surface area contributed by atoms with Gasteiger partial charge in [0, 0.05) is 0 Å². The molecule has 0 aromatic heterocycles. The zero-order chi connectivity index (χ0) is 10.6. The highest BCUT2D eigenvalue weighted by Crippen LogP contribution is 2.18. The van der Waals surface area contributed by atoms with Gasteiger partial charge in [-0.05, 0) is 34.3 Å². The van der Waals surface area contributed by atoms with Crippen LogP contribution >= 0.6 is 12.6 Å². The molecule has 0 saturated carbocycles. The number of allylic oxidation sites excluding steroid dienone is 3. The molecule has 0 radical (unpaired) electrons. The number of halogens is 1. The van der Waals surface area contributed by atoms with Gasteiger partial charge in [-0.15, -0.1) is 12.6 Å². The van der Waals surface area contributed by atoms with Crippen molar-refractivity contribution in [3.8, 4) is 0 Å². The lowest BCUT2D eigenvalue weighted by Crippen LogP contribution is -1.81. The van der Waals surface area contributed by atoms with Gasteiger partial charge in [0.2, 0.25) is 0 Å². The molecule has 1 rings (SSSR count). The van der Waals surface area contributed by atoms with Crippen molar-refractivity contribution in [2.75, 3.05) is 0 Å². The topological polar surface area (TPSA) is 0 Å². The summed E-state index contributed by atoms with van der Waals surface area (Å²) in [5.74, 6) is -0.248. The lowest BCUT2D eigenvalue weighted by molar-refractivity contribution is 0.627. The van der Waals surface area contributed by atoms with Crippen LogP contribution in [-0.4, -0.2) is 0 Å². The van der Waals surface area contributed by atoms with Gasteiger partial charge in [-0.2, -0.15) is 0 Å². The Balaban J connectivity index is 3.07. The lowest BCUT2D eigenvalue weighted by atomic mass is 10.1. The summed E-state index contributed by atoms with van der Waals surface area (Å²) in [6.45, 7) is 7.33. The Hall–Kier alpha value is -1.28. The van der Waals surface area contributed by atoms with Crippen LogP contribution in [0.5, 0.6) is 0 Å². The van der Waals surface area contributed by atoms with E-state index in [9.17, 15) is 4.39 Å². The van der Waals surface area contributed by atoms with Crippen LogP contribution in [0.15, 0.2) is 54.5 Å². The van der Waals surface area contributed by atoms with Crippen LogP contribution in [0, 0.1) is 5.82 Å². The number of rotatable bonds is 3. The van der Waals surface area contributed by atoms with Gasteiger partial charge in [0.05, 0.1) is 0 Å². The quantitative estimate of drug-likeness (QED) is 0.564. The second-order valence-corrected chi connectivity index (χ2v) is 3.38. The first-order valence-corrected chi connectivity index (χ1v) is 4.56. The summed E-state index contributed by atoms with van der Waals surface area (Å²) >= 11 is 4.07. The van der Waals surface area contributed by atoms with Crippen LogP contribution in [0.1, 0.15) is 5.56 Å². The normalized spacial score (nSPS) is 11.1. The predicted octanol–water partition coefficient (Wildman–Crippen LogP) is 3.84. The minimum atomic E-state index is -0.248.